The lowest BCUT2D eigenvalue weighted by Crippen LogP contribution is -2.30. The lowest BCUT2D eigenvalue weighted by molar-refractivity contribution is 0.530. The Kier molecular flexibility index (Phi) is 2.70. The van der Waals surface area contributed by atoms with Crippen LogP contribution in [0.3, 0.4) is 0 Å². The Hall–Kier alpha value is -2.70. The van der Waals surface area contributed by atoms with Crippen LogP contribution in [-0.2, 0) is 13.0 Å². The number of rotatable bonds is 2. The number of aryl methyl sites for hydroxylation is 1. The molecule has 0 radical (unpaired) electrons. The number of nitrogens with one attached hydrogen (secondary N) is 1. The number of anilines is 1. The highest BCUT2D eigenvalue weighted by Gasteiger charge is 2.23. The Labute approximate surface area is 121 Å². The normalized spacial score (nSPS) is 14.2. The van der Waals surface area contributed by atoms with Crippen molar-refractivity contribution in [3.63, 3.8) is 0 Å². The fourth-order valence-corrected chi connectivity index (χ4v) is 2.54. The van der Waals surface area contributed by atoms with Gasteiger partial charge in [-0.05, 0) is 19.1 Å². The lowest BCUT2D eigenvalue weighted by Gasteiger charge is -2.23. The largest absolute Gasteiger partial charge is 0.403 e. The molecule has 0 aliphatic carbocycles. The van der Waals surface area contributed by atoms with Crippen molar-refractivity contribution in [2.24, 2.45) is 0 Å². The zero-order chi connectivity index (χ0) is 14.2. The van der Waals surface area contributed by atoms with E-state index in [1.54, 1.807) is 12.5 Å². The van der Waals surface area contributed by atoms with E-state index in [4.69, 9.17) is 4.42 Å². The molecule has 3 aromatic rings. The number of hydrogen-bond donors (Lipinski definition) is 1. The van der Waals surface area contributed by atoms with Crippen LogP contribution in [0.15, 0.2) is 29.1 Å². The molecule has 0 bridgehead atoms. The summed E-state index contributed by atoms with van der Waals surface area (Å²) >= 11 is 0. The first kappa shape index (κ1) is 12.1. The molecule has 0 spiro atoms. The van der Waals surface area contributed by atoms with Gasteiger partial charge in [0.15, 0.2) is 0 Å². The summed E-state index contributed by atoms with van der Waals surface area (Å²) in [5.41, 5.74) is 3.98. The summed E-state index contributed by atoms with van der Waals surface area (Å²) in [6.45, 7) is 3.46. The molecular weight excluding hydrogens is 268 g/mol. The summed E-state index contributed by atoms with van der Waals surface area (Å²) in [5, 5.41) is 8.30. The van der Waals surface area contributed by atoms with Gasteiger partial charge in [0.25, 0.3) is 5.89 Å². The Balaban J connectivity index is 1.62. The van der Waals surface area contributed by atoms with Gasteiger partial charge in [0.1, 0.15) is 0 Å². The summed E-state index contributed by atoms with van der Waals surface area (Å²) in [5.74, 6) is 0.506. The van der Waals surface area contributed by atoms with Crippen molar-refractivity contribution in [2.45, 2.75) is 19.9 Å². The van der Waals surface area contributed by atoms with Crippen molar-refractivity contribution < 1.29 is 4.42 Å². The van der Waals surface area contributed by atoms with Gasteiger partial charge in [-0.15, -0.1) is 5.10 Å². The average molecular weight is 282 g/mol. The van der Waals surface area contributed by atoms with Crippen LogP contribution in [0.2, 0.25) is 0 Å². The van der Waals surface area contributed by atoms with Crippen LogP contribution in [0.1, 0.15) is 17.1 Å². The Morgan fingerprint density at radius 3 is 3.14 bits per heavy atom. The van der Waals surface area contributed by atoms with E-state index in [-0.39, 0.29) is 0 Å². The van der Waals surface area contributed by atoms with Crippen molar-refractivity contribution >= 4 is 6.01 Å². The summed E-state index contributed by atoms with van der Waals surface area (Å²) in [6.07, 6.45) is 4.36. The van der Waals surface area contributed by atoms with Gasteiger partial charge in [-0.2, -0.15) is 0 Å². The van der Waals surface area contributed by atoms with Crippen molar-refractivity contribution in [3.8, 4) is 11.5 Å². The molecule has 0 fully saturated rings. The average Bonchev–Trinajstić information content (AvgIpc) is 3.16. The molecule has 1 N–H and O–H groups in total. The Morgan fingerprint density at radius 1 is 1.29 bits per heavy atom. The minimum atomic E-state index is 0.506. The fourth-order valence-electron chi connectivity index (χ4n) is 2.54. The first-order valence-electron chi connectivity index (χ1n) is 6.83. The van der Waals surface area contributed by atoms with Crippen LogP contribution < -0.4 is 4.90 Å². The number of pyridine rings is 1. The second-order valence-electron chi connectivity index (χ2n) is 5.03. The number of nitrogens with zero attached hydrogens (tertiary/aromatic N) is 5. The van der Waals surface area contributed by atoms with Gasteiger partial charge in [-0.25, -0.2) is 4.98 Å². The third-order valence-electron chi connectivity index (χ3n) is 3.70. The summed E-state index contributed by atoms with van der Waals surface area (Å²) in [6, 6.07) is 4.33. The van der Waals surface area contributed by atoms with Crippen molar-refractivity contribution in [1.82, 2.24) is 25.1 Å². The van der Waals surface area contributed by atoms with Crippen LogP contribution in [0, 0.1) is 6.92 Å². The van der Waals surface area contributed by atoms with E-state index in [1.807, 2.05) is 19.1 Å². The molecule has 21 heavy (non-hydrogen) atoms. The van der Waals surface area contributed by atoms with E-state index >= 15 is 0 Å². The van der Waals surface area contributed by atoms with Gasteiger partial charge in [0.05, 0.1) is 29.8 Å². The zero-order valence-electron chi connectivity index (χ0n) is 11.6. The summed E-state index contributed by atoms with van der Waals surface area (Å²) in [7, 11) is 0. The standard InChI is InChI=1S/C14H14N6O/c1-9-10(3-2-5-15-9)13-18-19-14(21-13)20-6-4-11-12(7-20)17-8-16-11/h2-3,5,8H,4,6-7H2,1H3,(H,16,17). The molecule has 106 valence electrons. The first-order valence-corrected chi connectivity index (χ1v) is 6.83. The van der Waals surface area contributed by atoms with Gasteiger partial charge in [-0.3, -0.25) is 4.98 Å². The molecule has 0 saturated heterocycles. The van der Waals surface area contributed by atoms with Gasteiger partial charge in [0, 0.05) is 24.9 Å². The van der Waals surface area contributed by atoms with Crippen LogP contribution in [0.5, 0.6) is 0 Å². The minimum Gasteiger partial charge on any atom is -0.403 e. The zero-order valence-corrected chi connectivity index (χ0v) is 11.6. The summed E-state index contributed by atoms with van der Waals surface area (Å²) < 4.78 is 5.81. The Bertz CT molecular complexity index is 777. The number of imidazole rings is 1. The summed E-state index contributed by atoms with van der Waals surface area (Å²) in [4.78, 5) is 13.7. The van der Waals surface area contributed by atoms with Crippen molar-refractivity contribution in [3.05, 3.63) is 41.7 Å². The van der Waals surface area contributed by atoms with Gasteiger partial charge in [-0.1, -0.05) is 5.10 Å². The maximum absolute atomic E-state index is 5.81. The maximum atomic E-state index is 5.81. The predicted octanol–water partition coefficient (Wildman–Crippen LogP) is 1.73. The first-order chi connectivity index (χ1) is 10.3. The van der Waals surface area contributed by atoms with E-state index in [0.29, 0.717) is 18.5 Å². The van der Waals surface area contributed by atoms with E-state index in [2.05, 4.69) is 30.0 Å². The molecule has 0 atom stereocenters. The maximum Gasteiger partial charge on any atom is 0.318 e. The van der Waals surface area contributed by atoms with E-state index in [9.17, 15) is 0 Å². The number of H-pyrrole nitrogens is 1. The monoisotopic (exact) mass is 282 g/mol. The number of hydrogen-bond acceptors (Lipinski definition) is 6. The SMILES string of the molecule is Cc1ncccc1-c1nnc(N2CCc3nc[nH]c3C2)o1. The van der Waals surface area contributed by atoms with Crippen molar-refractivity contribution in [1.29, 1.82) is 0 Å². The quantitative estimate of drug-likeness (QED) is 0.770. The van der Waals surface area contributed by atoms with Crippen LogP contribution in [0.4, 0.5) is 6.01 Å². The molecule has 0 saturated carbocycles. The Morgan fingerprint density at radius 2 is 2.24 bits per heavy atom. The van der Waals surface area contributed by atoms with Crippen LogP contribution in [-0.4, -0.2) is 31.7 Å². The van der Waals surface area contributed by atoms with E-state index in [1.165, 1.54) is 0 Å². The molecule has 7 nitrogen and oxygen atoms in total. The molecule has 0 amide bonds. The second-order valence-corrected chi connectivity index (χ2v) is 5.03. The van der Waals surface area contributed by atoms with E-state index < -0.39 is 0 Å². The molecular formula is C14H14N6O. The fraction of sp³-hybridized carbons (Fsp3) is 0.286. The van der Waals surface area contributed by atoms with E-state index in [0.717, 1.165) is 35.6 Å². The molecule has 4 heterocycles. The minimum absolute atomic E-state index is 0.506. The third-order valence-corrected chi connectivity index (χ3v) is 3.70. The van der Waals surface area contributed by atoms with Gasteiger partial charge >= 0.3 is 6.01 Å². The molecule has 7 heteroatoms. The molecule has 4 rings (SSSR count). The lowest BCUT2D eigenvalue weighted by atomic mass is 10.1. The number of aromatic nitrogens is 5. The van der Waals surface area contributed by atoms with Crippen molar-refractivity contribution in [2.75, 3.05) is 11.4 Å². The van der Waals surface area contributed by atoms with Gasteiger partial charge in [0.2, 0.25) is 0 Å². The predicted molar refractivity (Wildman–Crippen MR) is 75.6 cm³/mol. The topological polar surface area (TPSA) is 83.7 Å². The smallest absolute Gasteiger partial charge is 0.318 e. The van der Waals surface area contributed by atoms with Crippen LogP contribution >= 0.6 is 0 Å². The molecule has 0 aromatic carbocycles. The molecule has 1 aliphatic rings. The van der Waals surface area contributed by atoms with Gasteiger partial charge < -0.3 is 14.3 Å². The molecule has 1 aliphatic heterocycles. The third kappa shape index (κ3) is 2.06. The van der Waals surface area contributed by atoms with Crippen LogP contribution in [0.25, 0.3) is 11.5 Å². The highest BCUT2D eigenvalue weighted by atomic mass is 16.4. The second kappa shape index (κ2) is 4.69. The number of aromatic amines is 1. The highest BCUT2D eigenvalue weighted by molar-refractivity contribution is 5.56. The number of fused-ring (bicyclic) bond motifs is 1. The molecule has 3 aromatic heterocycles. The molecule has 0 unspecified atom stereocenters. The highest BCUT2D eigenvalue weighted by Crippen LogP contribution is 2.26.